The second kappa shape index (κ2) is 8.76. The number of amides is 1. The van der Waals surface area contributed by atoms with Gasteiger partial charge in [-0.15, -0.1) is 10.2 Å². The molecule has 30 heavy (non-hydrogen) atoms. The number of hydrogen-bond acceptors (Lipinski definition) is 6. The molecule has 0 fully saturated rings. The van der Waals surface area contributed by atoms with E-state index in [2.05, 4.69) is 10.2 Å². The van der Waals surface area contributed by atoms with Crippen molar-refractivity contribution in [1.29, 1.82) is 0 Å². The lowest BCUT2D eigenvalue weighted by Gasteiger charge is -2.21. The molecular formula is C21H24N4O4S. The van der Waals surface area contributed by atoms with Gasteiger partial charge in [0.1, 0.15) is 0 Å². The van der Waals surface area contributed by atoms with Gasteiger partial charge in [0.15, 0.2) is 0 Å². The third-order valence-electron chi connectivity index (χ3n) is 4.65. The number of benzene rings is 2. The fraction of sp³-hybridized carbons (Fsp3) is 0.286. The highest BCUT2D eigenvalue weighted by molar-refractivity contribution is 7.89. The van der Waals surface area contributed by atoms with Gasteiger partial charge in [0, 0.05) is 19.7 Å². The van der Waals surface area contributed by atoms with Crippen molar-refractivity contribution in [3.63, 3.8) is 0 Å². The maximum absolute atomic E-state index is 12.7. The van der Waals surface area contributed by atoms with Crippen LogP contribution in [0.5, 0.6) is 0 Å². The molecule has 9 heteroatoms. The first-order valence-electron chi connectivity index (χ1n) is 9.33. The van der Waals surface area contributed by atoms with E-state index in [0.29, 0.717) is 5.89 Å². The van der Waals surface area contributed by atoms with E-state index in [9.17, 15) is 13.2 Å². The average molecular weight is 429 g/mol. The third kappa shape index (κ3) is 4.92. The van der Waals surface area contributed by atoms with Gasteiger partial charge in [0.25, 0.3) is 0 Å². The minimum Gasteiger partial charge on any atom is -0.419 e. The van der Waals surface area contributed by atoms with Crippen LogP contribution < -0.4 is 0 Å². The van der Waals surface area contributed by atoms with Crippen molar-refractivity contribution in [3.05, 3.63) is 65.5 Å². The monoisotopic (exact) mass is 428 g/mol. The van der Waals surface area contributed by atoms with Crippen molar-refractivity contribution < 1.29 is 17.6 Å². The summed E-state index contributed by atoms with van der Waals surface area (Å²) in [6.07, 6.45) is 0. The fourth-order valence-corrected chi connectivity index (χ4v) is 3.83. The Hall–Kier alpha value is -3.04. The number of nitrogens with zero attached hydrogens (tertiary/aromatic N) is 4. The molecule has 0 saturated heterocycles. The van der Waals surface area contributed by atoms with Crippen molar-refractivity contribution in [2.75, 3.05) is 20.6 Å². The molecule has 8 nitrogen and oxygen atoms in total. The van der Waals surface area contributed by atoms with Gasteiger partial charge in [-0.05, 0) is 38.1 Å². The second-order valence-corrected chi connectivity index (χ2v) is 9.24. The molecule has 0 atom stereocenters. The molecule has 0 radical (unpaired) electrons. The molecule has 3 aromatic rings. The van der Waals surface area contributed by atoms with Crippen molar-refractivity contribution in [2.45, 2.75) is 25.3 Å². The van der Waals surface area contributed by atoms with Crippen LogP contribution >= 0.6 is 0 Å². The van der Waals surface area contributed by atoms with Crippen LogP contribution in [0.15, 0.2) is 57.8 Å². The summed E-state index contributed by atoms with van der Waals surface area (Å²) in [4.78, 5) is 14.0. The molecule has 1 aromatic heterocycles. The van der Waals surface area contributed by atoms with Crippen LogP contribution in [0.1, 0.15) is 17.0 Å². The number of hydrogen-bond donors (Lipinski definition) is 0. The minimum absolute atomic E-state index is 0.0795. The summed E-state index contributed by atoms with van der Waals surface area (Å²) < 4.78 is 32.0. The molecule has 1 heterocycles. The summed E-state index contributed by atoms with van der Waals surface area (Å²) in [5.74, 6) is 0.249. The van der Waals surface area contributed by atoms with Crippen LogP contribution in [0.25, 0.3) is 11.5 Å². The molecule has 0 spiro atoms. The van der Waals surface area contributed by atoms with Crippen molar-refractivity contribution in [2.24, 2.45) is 0 Å². The summed E-state index contributed by atoms with van der Waals surface area (Å²) in [5, 5.41) is 7.99. The molecule has 0 bridgehead atoms. The van der Waals surface area contributed by atoms with Crippen LogP contribution in [0.3, 0.4) is 0 Å². The van der Waals surface area contributed by atoms with E-state index in [1.54, 1.807) is 19.2 Å². The molecule has 0 unspecified atom stereocenters. The van der Waals surface area contributed by atoms with Gasteiger partial charge in [-0.1, -0.05) is 35.4 Å². The highest BCUT2D eigenvalue weighted by atomic mass is 32.2. The number of sulfonamides is 1. The predicted molar refractivity (Wildman–Crippen MR) is 112 cm³/mol. The molecule has 0 aliphatic heterocycles. The Kier molecular flexibility index (Phi) is 6.33. The molecule has 3 rings (SSSR count). The van der Waals surface area contributed by atoms with Gasteiger partial charge >= 0.3 is 0 Å². The third-order valence-corrected chi connectivity index (χ3v) is 6.47. The lowest BCUT2D eigenvalue weighted by atomic mass is 10.1. The van der Waals surface area contributed by atoms with Gasteiger partial charge in [-0.25, -0.2) is 8.42 Å². The van der Waals surface area contributed by atoms with E-state index < -0.39 is 10.0 Å². The first kappa shape index (κ1) is 21.7. The minimum atomic E-state index is -3.76. The predicted octanol–water partition coefficient (Wildman–Crippen LogP) is 2.63. The number of likely N-dealkylation sites (N-methyl/N-ethyl adjacent to an activating group) is 2. The van der Waals surface area contributed by atoms with E-state index in [-0.39, 0.29) is 29.8 Å². The summed E-state index contributed by atoms with van der Waals surface area (Å²) in [7, 11) is -0.820. The zero-order valence-electron chi connectivity index (χ0n) is 17.4. The van der Waals surface area contributed by atoms with Gasteiger partial charge < -0.3 is 9.32 Å². The number of aryl methyl sites for hydroxylation is 2. The average Bonchev–Trinajstić information content (AvgIpc) is 3.17. The van der Waals surface area contributed by atoms with Gasteiger partial charge in [0.05, 0.1) is 18.0 Å². The van der Waals surface area contributed by atoms with Gasteiger partial charge in [-0.3, -0.25) is 4.79 Å². The Labute approximate surface area is 176 Å². The van der Waals surface area contributed by atoms with Gasteiger partial charge in [-0.2, -0.15) is 4.31 Å². The Morgan fingerprint density at radius 3 is 2.10 bits per heavy atom. The molecule has 1 amide bonds. The molecular weight excluding hydrogens is 404 g/mol. The maximum atomic E-state index is 12.7. The quantitative estimate of drug-likeness (QED) is 0.574. The van der Waals surface area contributed by atoms with E-state index in [1.807, 2.05) is 38.1 Å². The van der Waals surface area contributed by atoms with Gasteiger partial charge in [0.2, 0.25) is 27.7 Å². The molecule has 0 aliphatic rings. The smallest absolute Gasteiger partial charge is 0.247 e. The summed E-state index contributed by atoms with van der Waals surface area (Å²) >= 11 is 0. The highest BCUT2D eigenvalue weighted by Gasteiger charge is 2.25. The lowest BCUT2D eigenvalue weighted by Crippen LogP contribution is -2.39. The fourth-order valence-electron chi connectivity index (χ4n) is 2.71. The van der Waals surface area contributed by atoms with Crippen molar-refractivity contribution in [3.8, 4) is 11.5 Å². The van der Waals surface area contributed by atoms with Crippen LogP contribution in [-0.4, -0.2) is 54.4 Å². The topological polar surface area (TPSA) is 96.6 Å². The standard InChI is InChI=1S/C21H24N4O4S/c1-15-5-9-17(10-6-15)21-23-22-19(29-21)13-24(3)20(26)14-25(4)30(27,28)18-11-7-16(2)8-12-18/h5-12H,13-14H2,1-4H3. The maximum Gasteiger partial charge on any atom is 0.247 e. The molecule has 2 aromatic carbocycles. The van der Waals surface area contributed by atoms with Crippen molar-refractivity contribution in [1.82, 2.24) is 19.4 Å². The highest BCUT2D eigenvalue weighted by Crippen LogP contribution is 2.19. The number of rotatable bonds is 7. The van der Waals surface area contributed by atoms with E-state index in [1.165, 1.54) is 24.1 Å². The molecule has 0 aliphatic carbocycles. The largest absolute Gasteiger partial charge is 0.419 e. The normalized spacial score (nSPS) is 11.6. The molecule has 158 valence electrons. The molecule has 0 N–H and O–H groups in total. The summed E-state index contributed by atoms with van der Waals surface area (Å²) in [6, 6.07) is 14.1. The summed E-state index contributed by atoms with van der Waals surface area (Å²) in [6.45, 7) is 3.64. The number of carbonyl (C=O) groups excluding carboxylic acids is 1. The summed E-state index contributed by atoms with van der Waals surface area (Å²) in [5.41, 5.74) is 2.86. The second-order valence-electron chi connectivity index (χ2n) is 7.19. The Balaban J connectivity index is 1.63. The van der Waals surface area contributed by atoms with E-state index in [4.69, 9.17) is 4.42 Å². The van der Waals surface area contributed by atoms with E-state index >= 15 is 0 Å². The van der Waals surface area contributed by atoms with Crippen LogP contribution in [-0.2, 0) is 21.4 Å². The Morgan fingerprint density at radius 2 is 1.50 bits per heavy atom. The first-order chi connectivity index (χ1) is 14.2. The zero-order chi connectivity index (χ0) is 21.9. The Bertz CT molecular complexity index is 1120. The zero-order valence-corrected chi connectivity index (χ0v) is 18.2. The van der Waals surface area contributed by atoms with Crippen LogP contribution in [0, 0.1) is 13.8 Å². The molecule has 0 saturated carbocycles. The number of aromatic nitrogens is 2. The van der Waals surface area contributed by atoms with E-state index in [0.717, 1.165) is 21.0 Å². The van der Waals surface area contributed by atoms with Crippen LogP contribution in [0.4, 0.5) is 0 Å². The van der Waals surface area contributed by atoms with Crippen molar-refractivity contribution >= 4 is 15.9 Å². The number of carbonyl (C=O) groups is 1. The Morgan fingerprint density at radius 1 is 0.933 bits per heavy atom. The van der Waals surface area contributed by atoms with Crippen LogP contribution in [0.2, 0.25) is 0 Å². The SMILES string of the molecule is Cc1ccc(-c2nnc(CN(C)C(=O)CN(C)S(=O)(=O)c3ccc(C)cc3)o2)cc1. The lowest BCUT2D eigenvalue weighted by molar-refractivity contribution is -0.130. The first-order valence-corrected chi connectivity index (χ1v) is 10.8.